The van der Waals surface area contributed by atoms with Crippen molar-refractivity contribution < 1.29 is 32.3 Å². The normalized spacial score (nSPS) is 14.1. The van der Waals surface area contributed by atoms with Crippen LogP contribution in [0.1, 0.15) is 45.7 Å². The molecule has 1 atom stereocenters. The molecule has 34 heavy (non-hydrogen) atoms. The maximum Gasteiger partial charge on any atom is 0.264 e. The second-order valence-electron chi connectivity index (χ2n) is 7.65. The Morgan fingerprint density at radius 3 is 2.50 bits per heavy atom. The number of halogens is 1. The zero-order valence-electron chi connectivity index (χ0n) is 19.0. The third kappa shape index (κ3) is 5.41. The molecule has 1 N–H and O–H groups in total. The van der Waals surface area contributed by atoms with Gasteiger partial charge < -0.3 is 14.8 Å². The molecule has 9 nitrogen and oxygen atoms in total. The summed E-state index contributed by atoms with van der Waals surface area (Å²) >= 11 is 3.19. The fourth-order valence-corrected chi connectivity index (χ4v) is 5.04. The molecule has 182 valence electrons. The Balaban J connectivity index is 2.09. The number of hydrogen-bond donors (Lipinski definition) is 1. The predicted octanol–water partition coefficient (Wildman–Crippen LogP) is 3.20. The van der Waals surface area contributed by atoms with Gasteiger partial charge in [-0.15, -0.1) is 0 Å². The largest absolute Gasteiger partial charge is 0.493 e. The standard InChI is InChI=1S/C23H25BrN2O7S/c1-4-33-19-12-14(8-9-18(19)32-2)17(13-34(3,30)31)26-22(28)15-6-5-7-16(21(15)23(26)29)25-20(27)10-11-24/h5-9,12,17H,4,10-11,13H2,1-3H3,(H,25,27). The van der Waals surface area contributed by atoms with Crippen molar-refractivity contribution in [1.29, 1.82) is 0 Å². The number of alkyl halides is 1. The van der Waals surface area contributed by atoms with Crippen molar-refractivity contribution in [3.63, 3.8) is 0 Å². The van der Waals surface area contributed by atoms with Gasteiger partial charge in [-0.3, -0.25) is 19.3 Å². The number of carbonyl (C=O) groups is 3. The number of methoxy groups -OCH3 is 1. The molecule has 0 aromatic heterocycles. The van der Waals surface area contributed by atoms with E-state index < -0.39 is 33.4 Å². The number of benzene rings is 2. The molecule has 1 aliphatic rings. The van der Waals surface area contributed by atoms with E-state index in [9.17, 15) is 22.8 Å². The van der Waals surface area contributed by atoms with Crippen molar-refractivity contribution in [2.75, 3.05) is 36.4 Å². The average Bonchev–Trinajstić information content (AvgIpc) is 3.03. The number of ether oxygens (including phenoxy) is 2. The van der Waals surface area contributed by atoms with Gasteiger partial charge in [0.25, 0.3) is 11.8 Å². The highest BCUT2D eigenvalue weighted by atomic mass is 79.9. The second-order valence-corrected chi connectivity index (χ2v) is 10.6. The number of anilines is 1. The van der Waals surface area contributed by atoms with Crippen LogP contribution < -0.4 is 14.8 Å². The molecule has 0 bridgehead atoms. The summed E-state index contributed by atoms with van der Waals surface area (Å²) in [5.41, 5.74) is 0.729. The van der Waals surface area contributed by atoms with E-state index in [1.165, 1.54) is 19.2 Å². The molecule has 1 unspecified atom stereocenters. The Morgan fingerprint density at radius 1 is 1.15 bits per heavy atom. The van der Waals surface area contributed by atoms with Crippen molar-refractivity contribution in [3.8, 4) is 11.5 Å². The lowest BCUT2D eigenvalue weighted by Crippen LogP contribution is -2.37. The Morgan fingerprint density at radius 2 is 1.88 bits per heavy atom. The SMILES string of the molecule is CCOc1cc(C(CS(C)(=O)=O)N2C(=O)c3cccc(NC(=O)CCBr)c3C2=O)ccc1OC. The number of imide groups is 1. The molecule has 11 heteroatoms. The van der Waals surface area contributed by atoms with Gasteiger partial charge in [0.2, 0.25) is 5.91 Å². The van der Waals surface area contributed by atoms with Crippen LogP contribution in [0.3, 0.4) is 0 Å². The zero-order valence-corrected chi connectivity index (χ0v) is 21.4. The van der Waals surface area contributed by atoms with Gasteiger partial charge in [-0.1, -0.05) is 28.1 Å². The summed E-state index contributed by atoms with van der Waals surface area (Å²) in [6.45, 7) is 2.12. The Hall–Kier alpha value is -2.92. The van der Waals surface area contributed by atoms with Crippen molar-refractivity contribution >= 4 is 49.2 Å². The Labute approximate surface area is 206 Å². The Bertz CT molecular complexity index is 1230. The summed E-state index contributed by atoms with van der Waals surface area (Å²) in [4.78, 5) is 39.9. The van der Waals surface area contributed by atoms with Crippen LogP contribution in [0.15, 0.2) is 36.4 Å². The first kappa shape index (κ1) is 25.7. The van der Waals surface area contributed by atoms with Crippen molar-refractivity contribution in [2.45, 2.75) is 19.4 Å². The predicted molar refractivity (Wildman–Crippen MR) is 131 cm³/mol. The van der Waals surface area contributed by atoms with Crippen LogP contribution in [0.2, 0.25) is 0 Å². The van der Waals surface area contributed by atoms with Crippen LogP contribution >= 0.6 is 15.9 Å². The first-order valence-corrected chi connectivity index (χ1v) is 13.6. The second kappa shape index (κ2) is 10.6. The molecule has 2 aromatic rings. The third-order valence-corrected chi connectivity index (χ3v) is 6.50. The van der Waals surface area contributed by atoms with Gasteiger partial charge in [0.15, 0.2) is 11.5 Å². The van der Waals surface area contributed by atoms with Crippen LogP contribution in [0.5, 0.6) is 11.5 Å². The highest BCUT2D eigenvalue weighted by Gasteiger charge is 2.43. The molecule has 1 heterocycles. The van der Waals surface area contributed by atoms with Gasteiger partial charge in [-0.2, -0.15) is 0 Å². The molecule has 0 saturated heterocycles. The number of sulfone groups is 1. The van der Waals surface area contributed by atoms with E-state index >= 15 is 0 Å². The molecular weight excluding hydrogens is 528 g/mol. The maximum atomic E-state index is 13.5. The monoisotopic (exact) mass is 552 g/mol. The molecule has 0 spiro atoms. The minimum absolute atomic E-state index is 0.0347. The minimum Gasteiger partial charge on any atom is -0.493 e. The molecule has 0 aliphatic carbocycles. The fraction of sp³-hybridized carbons (Fsp3) is 0.348. The zero-order chi connectivity index (χ0) is 25.0. The minimum atomic E-state index is -3.61. The topological polar surface area (TPSA) is 119 Å². The molecule has 3 rings (SSSR count). The summed E-state index contributed by atoms with van der Waals surface area (Å²) in [7, 11) is -2.14. The van der Waals surface area contributed by atoms with Crippen LogP contribution in [-0.4, -0.2) is 62.1 Å². The summed E-state index contributed by atoms with van der Waals surface area (Å²) < 4.78 is 35.5. The van der Waals surface area contributed by atoms with E-state index in [4.69, 9.17) is 9.47 Å². The van der Waals surface area contributed by atoms with Gasteiger partial charge in [-0.05, 0) is 36.8 Å². The first-order chi connectivity index (χ1) is 16.1. The number of amides is 3. The first-order valence-electron chi connectivity index (χ1n) is 10.5. The van der Waals surface area contributed by atoms with E-state index in [1.807, 2.05) is 0 Å². The van der Waals surface area contributed by atoms with Gasteiger partial charge in [-0.25, -0.2) is 8.42 Å². The fourth-order valence-electron chi connectivity index (χ4n) is 3.76. The summed E-state index contributed by atoms with van der Waals surface area (Å²) in [5, 5.41) is 3.09. The van der Waals surface area contributed by atoms with Crippen LogP contribution in [0.25, 0.3) is 0 Å². The summed E-state index contributed by atoms with van der Waals surface area (Å²) in [5.74, 6) is -1.34. The average molecular weight is 553 g/mol. The number of rotatable bonds is 10. The summed E-state index contributed by atoms with van der Waals surface area (Å²) in [6.07, 6.45) is 1.22. The quantitative estimate of drug-likeness (QED) is 0.355. The smallest absolute Gasteiger partial charge is 0.264 e. The lowest BCUT2D eigenvalue weighted by molar-refractivity contribution is -0.115. The van der Waals surface area contributed by atoms with Crippen molar-refractivity contribution in [2.24, 2.45) is 0 Å². The van der Waals surface area contributed by atoms with Gasteiger partial charge in [0.05, 0.1) is 42.3 Å². The number of carbonyl (C=O) groups excluding carboxylic acids is 3. The van der Waals surface area contributed by atoms with E-state index in [1.54, 1.807) is 31.2 Å². The van der Waals surface area contributed by atoms with Crippen molar-refractivity contribution in [3.05, 3.63) is 53.1 Å². The highest BCUT2D eigenvalue weighted by Crippen LogP contribution is 2.38. The molecule has 0 radical (unpaired) electrons. The van der Waals surface area contributed by atoms with E-state index in [0.29, 0.717) is 29.0 Å². The van der Waals surface area contributed by atoms with E-state index in [2.05, 4.69) is 21.2 Å². The van der Waals surface area contributed by atoms with Gasteiger partial charge in [0.1, 0.15) is 9.84 Å². The summed E-state index contributed by atoms with van der Waals surface area (Å²) in [6, 6.07) is 8.22. The van der Waals surface area contributed by atoms with E-state index in [0.717, 1.165) is 11.2 Å². The highest BCUT2D eigenvalue weighted by molar-refractivity contribution is 9.09. The molecule has 0 saturated carbocycles. The molecule has 0 fully saturated rings. The van der Waals surface area contributed by atoms with Gasteiger partial charge in [0, 0.05) is 18.0 Å². The Kier molecular flexibility index (Phi) is 7.98. The number of hydrogen-bond acceptors (Lipinski definition) is 7. The lowest BCUT2D eigenvalue weighted by atomic mass is 10.1. The number of fused-ring (bicyclic) bond motifs is 1. The lowest BCUT2D eigenvalue weighted by Gasteiger charge is -2.27. The maximum absolute atomic E-state index is 13.5. The molecule has 1 aliphatic heterocycles. The van der Waals surface area contributed by atoms with Crippen LogP contribution in [-0.2, 0) is 14.6 Å². The third-order valence-electron chi connectivity index (χ3n) is 5.19. The van der Waals surface area contributed by atoms with E-state index in [-0.39, 0.29) is 29.1 Å². The molecular formula is C23H25BrN2O7S. The molecule has 3 amide bonds. The van der Waals surface area contributed by atoms with Crippen LogP contribution in [0.4, 0.5) is 5.69 Å². The molecule has 2 aromatic carbocycles. The number of nitrogens with zero attached hydrogens (tertiary/aromatic N) is 1. The number of nitrogens with one attached hydrogen (secondary N) is 1. The van der Waals surface area contributed by atoms with Crippen LogP contribution in [0, 0.1) is 0 Å². The van der Waals surface area contributed by atoms with Gasteiger partial charge >= 0.3 is 0 Å². The van der Waals surface area contributed by atoms with Crippen molar-refractivity contribution in [1.82, 2.24) is 4.90 Å².